The zero-order valence-electron chi connectivity index (χ0n) is 19.7. The molecule has 1 atom stereocenters. The molecule has 1 aromatic carbocycles. The average molecular weight is 450 g/mol. The standard InChI is InChI=1S/C25H31N5O3/c1-16(2)23-19-11-17(22-14-29(7-9-31-3)8-10-33-22)5-6-20(19)28-24(23)18-12-21(32-4)25-26-15-27-30(25)13-18/h5-6,11-13,15-16,22,28H,7-10,14H2,1-4H3. The van der Waals surface area contributed by atoms with E-state index in [0.29, 0.717) is 17.3 Å². The summed E-state index contributed by atoms with van der Waals surface area (Å²) in [6.45, 7) is 8.69. The number of aromatic nitrogens is 4. The van der Waals surface area contributed by atoms with Gasteiger partial charge in [0, 0.05) is 49.4 Å². The second kappa shape index (κ2) is 9.13. The van der Waals surface area contributed by atoms with Gasteiger partial charge in [0.05, 0.1) is 32.1 Å². The summed E-state index contributed by atoms with van der Waals surface area (Å²) in [6.07, 6.45) is 3.60. The van der Waals surface area contributed by atoms with Gasteiger partial charge in [-0.3, -0.25) is 4.90 Å². The van der Waals surface area contributed by atoms with Crippen LogP contribution in [0.4, 0.5) is 0 Å². The molecule has 1 unspecified atom stereocenters. The lowest BCUT2D eigenvalue weighted by molar-refractivity contribution is -0.0355. The zero-order chi connectivity index (χ0) is 22.9. The summed E-state index contributed by atoms with van der Waals surface area (Å²) in [5, 5.41) is 5.56. The maximum absolute atomic E-state index is 6.16. The van der Waals surface area contributed by atoms with Gasteiger partial charge in [-0.05, 0) is 35.2 Å². The van der Waals surface area contributed by atoms with Gasteiger partial charge in [-0.15, -0.1) is 0 Å². The highest BCUT2D eigenvalue weighted by Gasteiger charge is 2.24. The van der Waals surface area contributed by atoms with Crippen molar-refractivity contribution >= 4 is 16.6 Å². The molecule has 1 aliphatic heterocycles. The molecule has 0 aliphatic carbocycles. The Labute approximate surface area is 193 Å². The first-order chi connectivity index (χ1) is 16.1. The third-order valence-electron chi connectivity index (χ3n) is 6.42. The first kappa shape index (κ1) is 21.9. The Kier molecular flexibility index (Phi) is 6.05. The predicted molar refractivity (Wildman–Crippen MR) is 128 cm³/mol. The molecule has 3 aromatic heterocycles. The van der Waals surface area contributed by atoms with Crippen LogP contribution in [0.2, 0.25) is 0 Å². The first-order valence-corrected chi connectivity index (χ1v) is 11.4. The van der Waals surface area contributed by atoms with Crippen LogP contribution in [-0.2, 0) is 9.47 Å². The van der Waals surface area contributed by atoms with E-state index in [1.165, 1.54) is 16.5 Å². The molecule has 0 saturated carbocycles. The lowest BCUT2D eigenvalue weighted by Crippen LogP contribution is -2.40. The van der Waals surface area contributed by atoms with Crippen LogP contribution in [-0.4, -0.2) is 71.5 Å². The Morgan fingerprint density at radius 1 is 1.24 bits per heavy atom. The summed E-state index contributed by atoms with van der Waals surface area (Å²) in [4.78, 5) is 10.4. The van der Waals surface area contributed by atoms with E-state index in [4.69, 9.17) is 14.2 Å². The fraction of sp³-hybridized carbons (Fsp3) is 0.440. The van der Waals surface area contributed by atoms with Crippen LogP contribution >= 0.6 is 0 Å². The van der Waals surface area contributed by atoms with E-state index in [9.17, 15) is 0 Å². The van der Waals surface area contributed by atoms with E-state index >= 15 is 0 Å². The minimum Gasteiger partial charge on any atom is -0.493 e. The quantitative estimate of drug-likeness (QED) is 0.459. The Morgan fingerprint density at radius 3 is 2.91 bits per heavy atom. The highest BCUT2D eigenvalue weighted by atomic mass is 16.5. The average Bonchev–Trinajstić information content (AvgIpc) is 3.46. The summed E-state index contributed by atoms with van der Waals surface area (Å²) >= 11 is 0. The van der Waals surface area contributed by atoms with Gasteiger partial charge >= 0.3 is 0 Å². The molecule has 0 radical (unpaired) electrons. The summed E-state index contributed by atoms with van der Waals surface area (Å²) in [7, 11) is 3.41. The van der Waals surface area contributed by atoms with Crippen molar-refractivity contribution in [3.05, 3.63) is 47.9 Å². The number of hydrogen-bond acceptors (Lipinski definition) is 6. The zero-order valence-corrected chi connectivity index (χ0v) is 19.7. The normalized spacial score (nSPS) is 17.4. The molecule has 1 fully saturated rings. The number of nitrogens with zero attached hydrogens (tertiary/aromatic N) is 4. The number of morpholine rings is 1. The summed E-state index contributed by atoms with van der Waals surface area (Å²) in [5.74, 6) is 1.03. The molecule has 8 nitrogen and oxygen atoms in total. The smallest absolute Gasteiger partial charge is 0.197 e. The molecule has 1 saturated heterocycles. The number of ether oxygens (including phenoxy) is 3. The number of H-pyrrole nitrogens is 1. The third kappa shape index (κ3) is 4.10. The van der Waals surface area contributed by atoms with E-state index < -0.39 is 0 Å². The molecule has 0 spiro atoms. The molecule has 4 heterocycles. The fourth-order valence-electron chi connectivity index (χ4n) is 4.77. The van der Waals surface area contributed by atoms with Crippen molar-refractivity contribution in [1.82, 2.24) is 24.5 Å². The molecular weight excluding hydrogens is 418 g/mol. The van der Waals surface area contributed by atoms with Gasteiger partial charge in [-0.1, -0.05) is 19.9 Å². The molecule has 33 heavy (non-hydrogen) atoms. The van der Waals surface area contributed by atoms with E-state index in [2.05, 4.69) is 52.0 Å². The number of pyridine rings is 1. The van der Waals surface area contributed by atoms with Gasteiger partial charge in [-0.25, -0.2) is 9.50 Å². The van der Waals surface area contributed by atoms with Gasteiger partial charge in [0.2, 0.25) is 0 Å². The third-order valence-corrected chi connectivity index (χ3v) is 6.42. The Hall–Kier alpha value is -2.94. The van der Waals surface area contributed by atoms with Crippen LogP contribution in [0.15, 0.2) is 36.8 Å². The minimum absolute atomic E-state index is 0.0601. The molecule has 5 rings (SSSR count). The maximum Gasteiger partial charge on any atom is 0.197 e. The predicted octanol–water partition coefficient (Wildman–Crippen LogP) is 4.03. The van der Waals surface area contributed by atoms with Crippen LogP contribution in [0, 0.1) is 0 Å². The fourth-order valence-corrected chi connectivity index (χ4v) is 4.77. The molecule has 0 amide bonds. The van der Waals surface area contributed by atoms with Crippen molar-refractivity contribution in [2.45, 2.75) is 25.9 Å². The first-order valence-electron chi connectivity index (χ1n) is 11.4. The van der Waals surface area contributed by atoms with Crippen molar-refractivity contribution < 1.29 is 14.2 Å². The van der Waals surface area contributed by atoms with Crippen molar-refractivity contribution in [1.29, 1.82) is 0 Å². The van der Waals surface area contributed by atoms with Gasteiger partial charge in [0.25, 0.3) is 0 Å². The van der Waals surface area contributed by atoms with Crippen molar-refractivity contribution in [2.24, 2.45) is 0 Å². The molecule has 174 valence electrons. The Balaban J connectivity index is 1.56. The van der Waals surface area contributed by atoms with Gasteiger partial charge in [0.1, 0.15) is 6.33 Å². The van der Waals surface area contributed by atoms with Crippen LogP contribution in [0.1, 0.15) is 37.0 Å². The Bertz CT molecular complexity index is 1260. The monoisotopic (exact) mass is 449 g/mol. The number of nitrogens with one attached hydrogen (secondary N) is 1. The van der Waals surface area contributed by atoms with Crippen LogP contribution < -0.4 is 4.74 Å². The number of methoxy groups -OCH3 is 2. The molecule has 1 N–H and O–H groups in total. The molecule has 8 heteroatoms. The molecular formula is C25H31N5O3. The highest BCUT2D eigenvalue weighted by molar-refractivity contribution is 5.92. The number of fused-ring (bicyclic) bond motifs is 2. The van der Waals surface area contributed by atoms with E-state index in [1.54, 1.807) is 25.1 Å². The largest absolute Gasteiger partial charge is 0.493 e. The SMILES string of the molecule is COCCN1CCOC(c2ccc3[nH]c(-c4cc(OC)c5ncnn5c4)c(C(C)C)c3c2)C1. The Morgan fingerprint density at radius 2 is 2.12 bits per heavy atom. The number of rotatable bonds is 7. The second-order valence-corrected chi connectivity index (χ2v) is 8.85. The van der Waals surface area contributed by atoms with Crippen molar-refractivity contribution in [2.75, 3.05) is 47.1 Å². The molecule has 1 aliphatic rings. The van der Waals surface area contributed by atoms with E-state index in [1.807, 2.05) is 12.3 Å². The summed E-state index contributed by atoms with van der Waals surface area (Å²) in [5.41, 5.74) is 6.41. The van der Waals surface area contributed by atoms with Gasteiger partial charge < -0.3 is 19.2 Å². The summed E-state index contributed by atoms with van der Waals surface area (Å²) in [6, 6.07) is 8.67. The summed E-state index contributed by atoms with van der Waals surface area (Å²) < 4.78 is 18.8. The second-order valence-electron chi connectivity index (χ2n) is 8.85. The molecule has 4 aromatic rings. The maximum atomic E-state index is 6.16. The lowest BCUT2D eigenvalue weighted by Gasteiger charge is -2.33. The van der Waals surface area contributed by atoms with E-state index in [0.717, 1.165) is 49.6 Å². The number of aromatic amines is 1. The minimum atomic E-state index is 0.0601. The highest BCUT2D eigenvalue weighted by Crippen LogP contribution is 2.38. The number of hydrogen-bond donors (Lipinski definition) is 1. The van der Waals surface area contributed by atoms with Crippen LogP contribution in [0.5, 0.6) is 5.75 Å². The van der Waals surface area contributed by atoms with Crippen LogP contribution in [0.25, 0.3) is 27.8 Å². The molecule has 0 bridgehead atoms. The topological polar surface area (TPSA) is 76.9 Å². The lowest BCUT2D eigenvalue weighted by atomic mass is 9.95. The van der Waals surface area contributed by atoms with Gasteiger partial charge in [0.15, 0.2) is 11.4 Å². The van der Waals surface area contributed by atoms with Crippen molar-refractivity contribution in [3.8, 4) is 17.0 Å². The van der Waals surface area contributed by atoms with Gasteiger partial charge in [-0.2, -0.15) is 5.10 Å². The van der Waals surface area contributed by atoms with Crippen molar-refractivity contribution in [3.63, 3.8) is 0 Å². The van der Waals surface area contributed by atoms with E-state index in [-0.39, 0.29) is 6.10 Å². The van der Waals surface area contributed by atoms with Crippen LogP contribution in [0.3, 0.4) is 0 Å². The number of benzene rings is 1.